The molecule has 1 aromatic heterocycles. The van der Waals surface area contributed by atoms with Crippen LogP contribution in [-0.2, 0) is 9.59 Å². The van der Waals surface area contributed by atoms with Crippen molar-refractivity contribution in [3.8, 4) is 0 Å². The Morgan fingerprint density at radius 1 is 1.31 bits per heavy atom. The van der Waals surface area contributed by atoms with E-state index in [2.05, 4.69) is 20.9 Å². The van der Waals surface area contributed by atoms with E-state index < -0.39 is 5.66 Å². The van der Waals surface area contributed by atoms with Gasteiger partial charge in [0.25, 0.3) is 5.91 Å². The van der Waals surface area contributed by atoms with Gasteiger partial charge in [0, 0.05) is 31.6 Å². The molecule has 1 aromatic rings. The SMILES string of the molecule is O=C(CN1CCC2(CCC1=O)NC(=O)c1cccnc1N2)NC1CCC1. The normalized spacial score (nSPS) is 25.6. The first-order valence-corrected chi connectivity index (χ1v) is 9.17. The van der Waals surface area contributed by atoms with Crippen LogP contribution in [0.5, 0.6) is 0 Å². The lowest BCUT2D eigenvalue weighted by Crippen LogP contribution is -2.58. The number of hydrogen-bond donors (Lipinski definition) is 3. The van der Waals surface area contributed by atoms with Gasteiger partial charge in [-0.3, -0.25) is 14.4 Å². The fraction of sp³-hybridized carbons (Fsp3) is 0.556. The quantitative estimate of drug-likeness (QED) is 0.736. The highest BCUT2D eigenvalue weighted by Gasteiger charge is 2.41. The van der Waals surface area contributed by atoms with E-state index >= 15 is 0 Å². The van der Waals surface area contributed by atoms with Crippen LogP contribution in [0.4, 0.5) is 5.82 Å². The summed E-state index contributed by atoms with van der Waals surface area (Å²) in [6, 6.07) is 3.70. The summed E-state index contributed by atoms with van der Waals surface area (Å²) in [6.45, 7) is 0.487. The fourth-order valence-corrected chi connectivity index (χ4v) is 3.70. The molecule has 0 aromatic carbocycles. The lowest BCUT2D eigenvalue weighted by atomic mass is 9.93. The molecule has 1 unspecified atom stereocenters. The first-order valence-electron chi connectivity index (χ1n) is 9.17. The Kier molecular flexibility index (Phi) is 4.26. The number of carbonyl (C=O) groups is 3. The molecule has 0 bridgehead atoms. The van der Waals surface area contributed by atoms with Crippen LogP contribution in [-0.4, -0.2) is 52.4 Å². The van der Waals surface area contributed by atoms with Gasteiger partial charge in [-0.25, -0.2) is 4.98 Å². The van der Waals surface area contributed by atoms with E-state index in [0.29, 0.717) is 30.8 Å². The van der Waals surface area contributed by atoms with E-state index in [1.54, 1.807) is 23.2 Å². The summed E-state index contributed by atoms with van der Waals surface area (Å²) in [5.41, 5.74) is -0.196. The van der Waals surface area contributed by atoms with Gasteiger partial charge in [-0.15, -0.1) is 0 Å². The Hall–Kier alpha value is -2.64. The van der Waals surface area contributed by atoms with Gasteiger partial charge in [-0.1, -0.05) is 0 Å². The molecule has 8 nitrogen and oxygen atoms in total. The summed E-state index contributed by atoms with van der Waals surface area (Å²) in [7, 11) is 0. The predicted molar refractivity (Wildman–Crippen MR) is 94.3 cm³/mol. The van der Waals surface area contributed by atoms with Crippen LogP contribution in [0, 0.1) is 0 Å². The third-order valence-corrected chi connectivity index (χ3v) is 5.49. The molecule has 3 amide bonds. The van der Waals surface area contributed by atoms with Crippen molar-refractivity contribution in [1.29, 1.82) is 0 Å². The number of likely N-dealkylation sites (tertiary alicyclic amines) is 1. The topological polar surface area (TPSA) is 103 Å². The molecule has 1 saturated heterocycles. The maximum atomic E-state index is 12.5. The number of aromatic nitrogens is 1. The van der Waals surface area contributed by atoms with Crippen LogP contribution >= 0.6 is 0 Å². The zero-order chi connectivity index (χ0) is 18.1. The van der Waals surface area contributed by atoms with Gasteiger partial charge in [-0.2, -0.15) is 0 Å². The average molecular weight is 357 g/mol. The summed E-state index contributed by atoms with van der Waals surface area (Å²) in [5.74, 6) is 0.190. The minimum absolute atomic E-state index is 0.0616. The molecule has 138 valence electrons. The second-order valence-corrected chi connectivity index (χ2v) is 7.32. The maximum absolute atomic E-state index is 12.5. The van der Waals surface area contributed by atoms with Crippen molar-refractivity contribution < 1.29 is 14.4 Å². The lowest BCUT2D eigenvalue weighted by Gasteiger charge is -2.39. The molecule has 0 radical (unpaired) electrons. The molecule has 1 spiro atoms. The summed E-state index contributed by atoms with van der Waals surface area (Å²) in [6.07, 6.45) is 6.09. The van der Waals surface area contributed by atoms with Crippen LogP contribution in [0.3, 0.4) is 0 Å². The Balaban J connectivity index is 1.43. The van der Waals surface area contributed by atoms with Gasteiger partial charge in [0.1, 0.15) is 11.5 Å². The molecule has 26 heavy (non-hydrogen) atoms. The number of carbonyl (C=O) groups excluding carboxylic acids is 3. The van der Waals surface area contributed by atoms with Gasteiger partial charge < -0.3 is 20.9 Å². The number of nitrogens with zero attached hydrogens (tertiary/aromatic N) is 2. The van der Waals surface area contributed by atoms with E-state index in [0.717, 1.165) is 19.3 Å². The number of pyridine rings is 1. The predicted octanol–water partition coefficient (Wildman–Crippen LogP) is 0.614. The molecule has 1 aliphatic carbocycles. The molecule has 1 saturated carbocycles. The maximum Gasteiger partial charge on any atom is 0.256 e. The smallest absolute Gasteiger partial charge is 0.256 e. The first kappa shape index (κ1) is 16.8. The Bertz CT molecular complexity index is 748. The average Bonchev–Trinajstić information content (AvgIpc) is 2.73. The largest absolute Gasteiger partial charge is 0.352 e. The van der Waals surface area contributed by atoms with Crippen LogP contribution in [0.1, 0.15) is 48.9 Å². The molecule has 8 heteroatoms. The highest BCUT2D eigenvalue weighted by Crippen LogP contribution is 2.30. The molecule has 1 atom stereocenters. The van der Waals surface area contributed by atoms with Gasteiger partial charge in [0.2, 0.25) is 11.8 Å². The third-order valence-electron chi connectivity index (χ3n) is 5.49. The van der Waals surface area contributed by atoms with Crippen molar-refractivity contribution in [2.45, 2.75) is 50.2 Å². The number of nitrogens with one attached hydrogen (secondary N) is 3. The number of fused-ring (bicyclic) bond motifs is 1. The second-order valence-electron chi connectivity index (χ2n) is 7.32. The van der Waals surface area contributed by atoms with E-state index in [1.807, 2.05) is 0 Å². The summed E-state index contributed by atoms with van der Waals surface area (Å²) >= 11 is 0. The third kappa shape index (κ3) is 3.23. The van der Waals surface area contributed by atoms with Crippen LogP contribution < -0.4 is 16.0 Å². The zero-order valence-corrected chi connectivity index (χ0v) is 14.6. The molecule has 2 aliphatic heterocycles. The summed E-state index contributed by atoms with van der Waals surface area (Å²) < 4.78 is 0. The fourth-order valence-electron chi connectivity index (χ4n) is 3.70. The molecule has 2 fully saturated rings. The van der Waals surface area contributed by atoms with Crippen molar-refractivity contribution in [3.05, 3.63) is 23.9 Å². The molecular formula is C18H23N5O3. The highest BCUT2D eigenvalue weighted by atomic mass is 16.2. The summed E-state index contributed by atoms with van der Waals surface area (Å²) in [5, 5.41) is 9.28. The number of rotatable bonds is 3. The second kappa shape index (κ2) is 6.59. The molecule has 3 N–H and O–H groups in total. The molecule has 4 rings (SSSR count). The number of amides is 3. The van der Waals surface area contributed by atoms with Crippen LogP contribution in [0.25, 0.3) is 0 Å². The van der Waals surface area contributed by atoms with Gasteiger partial charge in [0.05, 0.1) is 12.1 Å². The number of anilines is 1. The Morgan fingerprint density at radius 3 is 2.92 bits per heavy atom. The molecule has 3 aliphatic rings. The zero-order valence-electron chi connectivity index (χ0n) is 14.6. The van der Waals surface area contributed by atoms with Gasteiger partial charge in [0.15, 0.2) is 0 Å². The Labute approximate surface area is 151 Å². The van der Waals surface area contributed by atoms with Crippen LogP contribution in [0.2, 0.25) is 0 Å². The highest BCUT2D eigenvalue weighted by molar-refractivity contribution is 6.01. The van der Waals surface area contributed by atoms with Crippen molar-refractivity contribution in [3.63, 3.8) is 0 Å². The molecular weight excluding hydrogens is 334 g/mol. The van der Waals surface area contributed by atoms with E-state index in [9.17, 15) is 14.4 Å². The Morgan fingerprint density at radius 2 is 2.15 bits per heavy atom. The van der Waals surface area contributed by atoms with Crippen molar-refractivity contribution >= 4 is 23.5 Å². The van der Waals surface area contributed by atoms with Crippen molar-refractivity contribution in [2.75, 3.05) is 18.4 Å². The van der Waals surface area contributed by atoms with Gasteiger partial charge in [-0.05, 0) is 37.8 Å². The standard InChI is InChI=1S/C18H23N5O3/c24-14(20-12-3-1-4-12)11-23-10-8-18(7-6-15(23)25)21-16-13(17(26)22-18)5-2-9-19-16/h2,5,9,12H,1,3-4,6-8,10-11H2,(H,19,21)(H,20,24)(H,22,26). The van der Waals surface area contributed by atoms with Crippen molar-refractivity contribution in [2.24, 2.45) is 0 Å². The van der Waals surface area contributed by atoms with Crippen molar-refractivity contribution in [1.82, 2.24) is 20.5 Å². The monoisotopic (exact) mass is 357 g/mol. The van der Waals surface area contributed by atoms with Gasteiger partial charge >= 0.3 is 0 Å². The first-order chi connectivity index (χ1) is 12.5. The van der Waals surface area contributed by atoms with E-state index in [1.165, 1.54) is 0 Å². The molecule has 3 heterocycles. The minimum atomic E-state index is -0.701. The minimum Gasteiger partial charge on any atom is -0.352 e. The lowest BCUT2D eigenvalue weighted by molar-refractivity contribution is -0.136. The van der Waals surface area contributed by atoms with E-state index in [-0.39, 0.29) is 36.7 Å². The summed E-state index contributed by atoms with van der Waals surface area (Å²) in [4.78, 5) is 42.9. The van der Waals surface area contributed by atoms with E-state index in [4.69, 9.17) is 0 Å². The number of hydrogen-bond acceptors (Lipinski definition) is 5. The van der Waals surface area contributed by atoms with Crippen LogP contribution in [0.15, 0.2) is 18.3 Å².